The number of hydrogen-bond acceptors (Lipinski definition) is 4. The minimum atomic E-state index is -1.12. The van der Waals surface area contributed by atoms with Crippen LogP contribution in [0.4, 0.5) is 5.69 Å². The number of nitrogens with zero attached hydrogens (tertiary/aromatic N) is 1. The molecule has 0 spiro atoms. The van der Waals surface area contributed by atoms with Gasteiger partial charge in [0.05, 0.1) is 0 Å². The van der Waals surface area contributed by atoms with Gasteiger partial charge in [0.25, 0.3) is 11.8 Å². The average Bonchev–Trinajstić information content (AvgIpc) is 2.92. The number of nitrogens with one attached hydrogen (secondary N) is 2. The van der Waals surface area contributed by atoms with E-state index >= 15 is 0 Å². The van der Waals surface area contributed by atoms with Crippen LogP contribution in [-0.2, 0) is 9.59 Å². The van der Waals surface area contributed by atoms with Crippen molar-refractivity contribution >= 4 is 40.0 Å². The van der Waals surface area contributed by atoms with Crippen molar-refractivity contribution in [2.45, 2.75) is 19.0 Å². The minimum Gasteiger partial charge on any atom is -0.384 e. The highest BCUT2D eigenvalue weighted by molar-refractivity contribution is 6.07. The van der Waals surface area contributed by atoms with Crippen LogP contribution in [-0.4, -0.2) is 29.6 Å². The quantitative estimate of drug-likeness (QED) is 0.220. The topological polar surface area (TPSA) is 142 Å². The maximum absolute atomic E-state index is 14.1. The Labute approximate surface area is 214 Å². The van der Waals surface area contributed by atoms with E-state index in [-0.39, 0.29) is 11.4 Å². The lowest BCUT2D eigenvalue weighted by atomic mass is 10.0. The van der Waals surface area contributed by atoms with Crippen molar-refractivity contribution in [2.24, 2.45) is 11.5 Å². The van der Waals surface area contributed by atoms with E-state index in [0.717, 1.165) is 10.8 Å². The van der Waals surface area contributed by atoms with E-state index in [1.165, 1.54) is 11.0 Å². The summed E-state index contributed by atoms with van der Waals surface area (Å²) in [7, 11) is 0. The summed E-state index contributed by atoms with van der Waals surface area (Å²) in [6.45, 7) is 1.55. The van der Waals surface area contributed by atoms with Gasteiger partial charge in [-0.05, 0) is 47.5 Å². The maximum atomic E-state index is 14.1. The van der Waals surface area contributed by atoms with Crippen LogP contribution in [0.3, 0.4) is 0 Å². The Hall–Kier alpha value is -4.98. The minimum absolute atomic E-state index is 0.178. The van der Waals surface area contributed by atoms with E-state index in [0.29, 0.717) is 16.8 Å². The third kappa shape index (κ3) is 5.48. The van der Waals surface area contributed by atoms with Crippen LogP contribution in [0.25, 0.3) is 10.8 Å². The third-order valence-corrected chi connectivity index (χ3v) is 6.14. The molecule has 0 unspecified atom stereocenters. The monoisotopic (exact) mass is 493 g/mol. The molecule has 0 bridgehead atoms. The number of carbonyl (C=O) groups is 3. The molecule has 186 valence electrons. The van der Waals surface area contributed by atoms with Gasteiger partial charge in [-0.15, -0.1) is 0 Å². The Bertz CT molecular complexity index is 1490. The SMILES string of the molecule is C[C@@H](C(N)=O)N(C(=O)[C@H](NC(=O)c1cccc(C(=N)N)c1)c1ccccc1)c1ccc2ccccc2c1. The van der Waals surface area contributed by atoms with E-state index in [1.807, 2.05) is 36.4 Å². The largest absolute Gasteiger partial charge is 0.384 e. The Kier molecular flexibility index (Phi) is 7.29. The molecule has 4 rings (SSSR count). The van der Waals surface area contributed by atoms with E-state index in [4.69, 9.17) is 16.9 Å². The van der Waals surface area contributed by atoms with Gasteiger partial charge in [-0.2, -0.15) is 0 Å². The van der Waals surface area contributed by atoms with Gasteiger partial charge in [0.2, 0.25) is 5.91 Å². The van der Waals surface area contributed by atoms with E-state index in [9.17, 15) is 14.4 Å². The van der Waals surface area contributed by atoms with Crippen molar-refractivity contribution < 1.29 is 14.4 Å². The third-order valence-electron chi connectivity index (χ3n) is 6.14. The fourth-order valence-electron chi connectivity index (χ4n) is 4.11. The second-order valence-corrected chi connectivity index (χ2v) is 8.63. The molecule has 0 radical (unpaired) electrons. The summed E-state index contributed by atoms with van der Waals surface area (Å²) >= 11 is 0. The van der Waals surface area contributed by atoms with Crippen molar-refractivity contribution in [3.8, 4) is 0 Å². The fraction of sp³-hybridized carbons (Fsp3) is 0.103. The van der Waals surface area contributed by atoms with Crippen molar-refractivity contribution in [1.82, 2.24) is 5.32 Å². The molecule has 3 amide bonds. The van der Waals surface area contributed by atoms with Crippen LogP contribution < -0.4 is 21.7 Å². The number of amides is 3. The molecule has 0 saturated carbocycles. The molecule has 6 N–H and O–H groups in total. The number of carbonyl (C=O) groups excluding carboxylic acids is 3. The first-order valence-electron chi connectivity index (χ1n) is 11.7. The van der Waals surface area contributed by atoms with Crippen LogP contribution in [0.5, 0.6) is 0 Å². The normalized spacial score (nSPS) is 12.4. The Morgan fingerprint density at radius 3 is 2.11 bits per heavy atom. The number of benzene rings is 4. The number of primary amides is 1. The van der Waals surface area contributed by atoms with Crippen molar-refractivity contribution in [3.05, 3.63) is 114 Å². The summed E-state index contributed by atoms with van der Waals surface area (Å²) in [5.74, 6) is -1.92. The van der Waals surface area contributed by atoms with Gasteiger partial charge in [-0.1, -0.05) is 72.8 Å². The molecule has 0 aliphatic carbocycles. The second-order valence-electron chi connectivity index (χ2n) is 8.63. The predicted molar refractivity (Wildman–Crippen MR) is 144 cm³/mol. The smallest absolute Gasteiger partial charge is 0.254 e. The number of amidine groups is 1. The Morgan fingerprint density at radius 2 is 1.43 bits per heavy atom. The van der Waals surface area contributed by atoms with Gasteiger partial charge in [0.1, 0.15) is 17.9 Å². The molecule has 2 atom stereocenters. The lowest BCUT2D eigenvalue weighted by molar-refractivity contribution is -0.125. The number of hydrogen-bond donors (Lipinski definition) is 4. The van der Waals surface area contributed by atoms with E-state index < -0.39 is 29.8 Å². The lowest BCUT2D eigenvalue weighted by Crippen LogP contribution is -2.51. The number of nitrogens with two attached hydrogens (primary N) is 2. The van der Waals surface area contributed by atoms with Gasteiger partial charge < -0.3 is 16.8 Å². The van der Waals surface area contributed by atoms with Crippen LogP contribution in [0.1, 0.15) is 34.5 Å². The fourth-order valence-corrected chi connectivity index (χ4v) is 4.11. The molecule has 4 aromatic rings. The van der Waals surface area contributed by atoms with Gasteiger partial charge >= 0.3 is 0 Å². The highest BCUT2D eigenvalue weighted by Gasteiger charge is 2.33. The zero-order chi connectivity index (χ0) is 26.5. The summed E-state index contributed by atoms with van der Waals surface area (Å²) in [5, 5.41) is 12.3. The van der Waals surface area contributed by atoms with E-state index in [1.54, 1.807) is 61.5 Å². The van der Waals surface area contributed by atoms with Gasteiger partial charge in [0, 0.05) is 16.8 Å². The first-order chi connectivity index (χ1) is 17.8. The molecule has 0 aliphatic heterocycles. The zero-order valence-corrected chi connectivity index (χ0v) is 20.2. The highest BCUT2D eigenvalue weighted by Crippen LogP contribution is 2.27. The summed E-state index contributed by atoms with van der Waals surface area (Å²) in [5.41, 5.74) is 12.9. The van der Waals surface area contributed by atoms with Gasteiger partial charge in [-0.25, -0.2) is 0 Å². The summed E-state index contributed by atoms with van der Waals surface area (Å²) in [4.78, 5) is 41.0. The van der Waals surface area contributed by atoms with Gasteiger partial charge in [-0.3, -0.25) is 24.7 Å². The standard InChI is InChI=1S/C29H27N5O3/c1-18(27(32)35)34(24-15-14-19-8-5-6-11-21(19)17-24)29(37)25(20-9-3-2-4-10-20)33-28(36)23-13-7-12-22(16-23)26(30)31/h2-18,25H,1H3,(H3,30,31)(H2,32,35)(H,33,36)/t18-,25+/m0/s1. The molecular weight excluding hydrogens is 466 g/mol. The molecule has 0 aromatic heterocycles. The van der Waals surface area contributed by atoms with Crippen molar-refractivity contribution in [2.75, 3.05) is 4.90 Å². The second kappa shape index (κ2) is 10.7. The number of anilines is 1. The molecule has 37 heavy (non-hydrogen) atoms. The zero-order valence-electron chi connectivity index (χ0n) is 20.2. The first kappa shape index (κ1) is 25.1. The van der Waals surface area contributed by atoms with Crippen molar-refractivity contribution in [3.63, 3.8) is 0 Å². The lowest BCUT2D eigenvalue weighted by Gasteiger charge is -2.32. The van der Waals surface area contributed by atoms with Crippen LogP contribution in [0, 0.1) is 5.41 Å². The van der Waals surface area contributed by atoms with Crippen molar-refractivity contribution in [1.29, 1.82) is 5.41 Å². The summed E-state index contributed by atoms with van der Waals surface area (Å²) in [6, 6.07) is 26.0. The summed E-state index contributed by atoms with van der Waals surface area (Å²) < 4.78 is 0. The number of nitrogen functional groups attached to an aromatic ring is 1. The Balaban J connectivity index is 1.77. The highest BCUT2D eigenvalue weighted by atomic mass is 16.2. The summed E-state index contributed by atoms with van der Waals surface area (Å²) in [6.07, 6.45) is 0. The van der Waals surface area contributed by atoms with Crippen LogP contribution in [0.2, 0.25) is 0 Å². The van der Waals surface area contributed by atoms with Gasteiger partial charge in [0.15, 0.2) is 0 Å². The molecule has 8 heteroatoms. The molecular formula is C29H27N5O3. The number of rotatable bonds is 8. The van der Waals surface area contributed by atoms with Crippen LogP contribution >= 0.6 is 0 Å². The first-order valence-corrected chi connectivity index (χ1v) is 11.7. The molecule has 0 saturated heterocycles. The molecule has 0 aliphatic rings. The number of fused-ring (bicyclic) bond motifs is 1. The molecule has 0 fully saturated rings. The van der Waals surface area contributed by atoms with E-state index in [2.05, 4.69) is 5.32 Å². The predicted octanol–water partition coefficient (Wildman–Crippen LogP) is 3.50. The molecule has 4 aromatic carbocycles. The Morgan fingerprint density at radius 1 is 0.784 bits per heavy atom. The average molecular weight is 494 g/mol. The maximum Gasteiger partial charge on any atom is 0.254 e. The molecule has 0 heterocycles. The van der Waals surface area contributed by atoms with Crippen LogP contribution in [0.15, 0.2) is 97.1 Å². The molecule has 8 nitrogen and oxygen atoms in total.